The van der Waals surface area contributed by atoms with E-state index < -0.39 is 22.9 Å². The van der Waals surface area contributed by atoms with Crippen molar-refractivity contribution in [3.63, 3.8) is 0 Å². The first-order chi connectivity index (χ1) is 12.3. The van der Waals surface area contributed by atoms with Gasteiger partial charge in [-0.05, 0) is 36.4 Å². The zero-order chi connectivity index (χ0) is 18.8. The standard InChI is InChI=1S/C18H16O7S/c1-26(23)9-11(19)8-24-12-3-5-16-14(7-12)17(20)13-6-10(18(21)22)2-4-15(13)25-16/h2-7,11,19H,8-9H2,1H3,(H,21,22). The molecular weight excluding hydrogens is 360 g/mol. The highest BCUT2D eigenvalue weighted by atomic mass is 32.2. The number of hydrogen-bond donors (Lipinski definition) is 2. The van der Waals surface area contributed by atoms with Crippen LogP contribution in [0.2, 0.25) is 0 Å². The highest BCUT2D eigenvalue weighted by Gasteiger charge is 2.13. The van der Waals surface area contributed by atoms with Gasteiger partial charge >= 0.3 is 5.97 Å². The Morgan fingerprint density at radius 2 is 1.85 bits per heavy atom. The number of fused-ring (bicyclic) bond motifs is 2. The molecule has 2 aromatic carbocycles. The van der Waals surface area contributed by atoms with Gasteiger partial charge < -0.3 is 19.4 Å². The molecule has 136 valence electrons. The van der Waals surface area contributed by atoms with Gasteiger partial charge in [-0.25, -0.2) is 4.79 Å². The predicted molar refractivity (Wildman–Crippen MR) is 97.4 cm³/mol. The molecule has 1 aromatic heterocycles. The van der Waals surface area contributed by atoms with Gasteiger partial charge in [-0.15, -0.1) is 0 Å². The number of carboxylic acids is 1. The van der Waals surface area contributed by atoms with Crippen molar-refractivity contribution in [1.82, 2.24) is 0 Å². The van der Waals surface area contributed by atoms with E-state index in [9.17, 15) is 18.9 Å². The SMILES string of the molecule is CS(=O)CC(O)COc1ccc2oc3ccc(C(=O)O)cc3c(=O)c2c1. The van der Waals surface area contributed by atoms with E-state index in [0.29, 0.717) is 16.9 Å². The Balaban J connectivity index is 1.98. The third-order valence-electron chi connectivity index (χ3n) is 3.76. The molecule has 2 unspecified atom stereocenters. The van der Waals surface area contributed by atoms with Crippen LogP contribution in [0.5, 0.6) is 5.75 Å². The summed E-state index contributed by atoms with van der Waals surface area (Å²) in [5, 5.41) is 19.2. The maximum atomic E-state index is 12.7. The van der Waals surface area contributed by atoms with Crippen LogP contribution in [0.15, 0.2) is 45.6 Å². The highest BCUT2D eigenvalue weighted by Crippen LogP contribution is 2.23. The van der Waals surface area contributed by atoms with Gasteiger partial charge in [0.15, 0.2) is 0 Å². The Bertz CT molecular complexity index is 1070. The van der Waals surface area contributed by atoms with Crippen molar-refractivity contribution in [2.75, 3.05) is 18.6 Å². The first-order valence-electron chi connectivity index (χ1n) is 7.70. The number of aromatic carboxylic acids is 1. The van der Waals surface area contributed by atoms with Crippen LogP contribution in [0, 0.1) is 0 Å². The Labute approximate surface area is 150 Å². The first kappa shape index (κ1) is 18.1. The monoisotopic (exact) mass is 376 g/mol. The van der Waals surface area contributed by atoms with Gasteiger partial charge in [0.2, 0.25) is 5.43 Å². The van der Waals surface area contributed by atoms with E-state index in [4.69, 9.17) is 14.3 Å². The normalized spacial score (nSPS) is 13.6. The minimum atomic E-state index is -1.14. The van der Waals surface area contributed by atoms with Crippen LogP contribution in [0.25, 0.3) is 21.9 Å². The van der Waals surface area contributed by atoms with E-state index in [0.717, 1.165) is 0 Å². The van der Waals surface area contributed by atoms with Crippen LogP contribution >= 0.6 is 0 Å². The lowest BCUT2D eigenvalue weighted by molar-refractivity contribution is 0.0697. The Kier molecular flexibility index (Phi) is 5.06. The molecule has 0 saturated heterocycles. The lowest BCUT2D eigenvalue weighted by Gasteiger charge is -2.11. The summed E-state index contributed by atoms with van der Waals surface area (Å²) >= 11 is 0. The van der Waals surface area contributed by atoms with Gasteiger partial charge in [-0.2, -0.15) is 0 Å². The predicted octanol–water partition coefficient (Wildman–Crippen LogP) is 1.76. The summed E-state index contributed by atoms with van der Waals surface area (Å²) in [6, 6.07) is 8.74. The second-order valence-electron chi connectivity index (χ2n) is 5.81. The average molecular weight is 376 g/mol. The number of benzene rings is 2. The molecule has 1 heterocycles. The smallest absolute Gasteiger partial charge is 0.335 e. The summed E-state index contributed by atoms with van der Waals surface area (Å²) < 4.78 is 22.2. The molecule has 2 atom stereocenters. The summed E-state index contributed by atoms with van der Waals surface area (Å²) in [7, 11) is -1.14. The third kappa shape index (κ3) is 3.76. The maximum Gasteiger partial charge on any atom is 0.335 e. The molecule has 0 radical (unpaired) electrons. The van der Waals surface area contributed by atoms with E-state index in [1.165, 1.54) is 30.5 Å². The summed E-state index contributed by atoms with van der Waals surface area (Å²) in [5.41, 5.74) is 0.257. The van der Waals surface area contributed by atoms with Crippen LogP contribution in [0.3, 0.4) is 0 Å². The van der Waals surface area contributed by atoms with Crippen molar-refractivity contribution in [1.29, 1.82) is 0 Å². The average Bonchev–Trinajstić information content (AvgIpc) is 2.59. The summed E-state index contributed by atoms with van der Waals surface area (Å²) in [6.45, 7) is -0.0623. The molecule has 7 nitrogen and oxygen atoms in total. The molecule has 0 bridgehead atoms. The zero-order valence-electron chi connectivity index (χ0n) is 13.8. The van der Waals surface area contributed by atoms with Crippen molar-refractivity contribution in [2.24, 2.45) is 0 Å². The Morgan fingerprint density at radius 3 is 2.50 bits per heavy atom. The van der Waals surface area contributed by atoms with Crippen LogP contribution in [0.1, 0.15) is 10.4 Å². The number of carbonyl (C=O) groups is 1. The topological polar surface area (TPSA) is 114 Å². The fraction of sp³-hybridized carbons (Fsp3) is 0.222. The van der Waals surface area contributed by atoms with Crippen molar-refractivity contribution < 1.29 is 28.4 Å². The van der Waals surface area contributed by atoms with Crippen molar-refractivity contribution in [2.45, 2.75) is 6.10 Å². The fourth-order valence-corrected chi connectivity index (χ4v) is 3.21. The van der Waals surface area contributed by atoms with Gasteiger partial charge in [0, 0.05) is 17.1 Å². The van der Waals surface area contributed by atoms with E-state index >= 15 is 0 Å². The van der Waals surface area contributed by atoms with Crippen molar-refractivity contribution >= 4 is 38.7 Å². The molecule has 3 rings (SSSR count). The lowest BCUT2D eigenvalue weighted by atomic mass is 10.1. The number of aliphatic hydroxyl groups is 1. The number of ether oxygens (including phenoxy) is 1. The molecule has 8 heteroatoms. The Hall–Kier alpha value is -2.71. The molecule has 0 aliphatic carbocycles. The van der Waals surface area contributed by atoms with Gasteiger partial charge in [-0.3, -0.25) is 9.00 Å². The second kappa shape index (κ2) is 7.27. The number of aliphatic hydroxyl groups excluding tert-OH is 1. The minimum absolute atomic E-state index is 0.00718. The maximum absolute atomic E-state index is 12.7. The van der Waals surface area contributed by atoms with Crippen molar-refractivity contribution in [3.05, 3.63) is 52.2 Å². The molecule has 0 saturated carbocycles. The summed E-state index contributed by atoms with van der Waals surface area (Å²) in [4.78, 5) is 23.8. The minimum Gasteiger partial charge on any atom is -0.491 e. The fourth-order valence-electron chi connectivity index (χ4n) is 2.57. The molecule has 2 N–H and O–H groups in total. The summed E-state index contributed by atoms with van der Waals surface area (Å²) in [6.07, 6.45) is 0.601. The molecule has 26 heavy (non-hydrogen) atoms. The van der Waals surface area contributed by atoms with Crippen molar-refractivity contribution in [3.8, 4) is 5.75 Å². The third-order valence-corrected chi connectivity index (χ3v) is 4.61. The van der Waals surface area contributed by atoms with Gasteiger partial charge in [-0.1, -0.05) is 0 Å². The summed E-state index contributed by atoms with van der Waals surface area (Å²) in [5.74, 6) is -0.691. The molecule has 0 fully saturated rings. The van der Waals surface area contributed by atoms with Crippen LogP contribution < -0.4 is 10.2 Å². The number of carboxylic acid groups (broad SMARTS) is 1. The van der Waals surface area contributed by atoms with Gasteiger partial charge in [0.1, 0.15) is 23.5 Å². The van der Waals surface area contributed by atoms with Gasteiger partial charge in [0.25, 0.3) is 0 Å². The zero-order valence-corrected chi connectivity index (χ0v) is 14.6. The quantitative estimate of drug-likeness (QED) is 0.630. The van der Waals surface area contributed by atoms with E-state index in [2.05, 4.69) is 0 Å². The molecule has 0 aliphatic heterocycles. The largest absolute Gasteiger partial charge is 0.491 e. The van der Waals surface area contributed by atoms with Crippen LogP contribution in [-0.4, -0.2) is 45.1 Å². The first-order valence-corrected chi connectivity index (χ1v) is 9.42. The molecule has 3 aromatic rings. The van der Waals surface area contributed by atoms with Crippen LogP contribution in [-0.2, 0) is 10.8 Å². The van der Waals surface area contributed by atoms with E-state index in [1.54, 1.807) is 12.1 Å². The molecule has 0 aliphatic rings. The lowest BCUT2D eigenvalue weighted by Crippen LogP contribution is -2.23. The van der Waals surface area contributed by atoms with Gasteiger partial charge in [0.05, 0.1) is 28.2 Å². The van der Waals surface area contributed by atoms with Crippen LogP contribution in [0.4, 0.5) is 0 Å². The van der Waals surface area contributed by atoms with E-state index in [1.807, 2.05) is 0 Å². The second-order valence-corrected chi connectivity index (χ2v) is 7.29. The number of hydrogen-bond acceptors (Lipinski definition) is 6. The molecular formula is C18H16O7S. The highest BCUT2D eigenvalue weighted by molar-refractivity contribution is 7.84. The molecule has 0 spiro atoms. The molecule has 0 amide bonds. The number of rotatable bonds is 6. The Morgan fingerprint density at radius 1 is 1.19 bits per heavy atom. The van der Waals surface area contributed by atoms with E-state index in [-0.39, 0.29) is 34.1 Å².